The molecule has 1 aromatic heterocycles. The van der Waals surface area contributed by atoms with Crippen molar-refractivity contribution in [2.24, 2.45) is 5.41 Å². The zero-order valence-corrected chi connectivity index (χ0v) is 11.8. The highest BCUT2D eigenvalue weighted by molar-refractivity contribution is 6.00. The van der Waals surface area contributed by atoms with Crippen LogP contribution in [-0.4, -0.2) is 10.9 Å². The lowest BCUT2D eigenvalue weighted by atomic mass is 9.92. The number of aromatic nitrogens is 1. The Kier molecular flexibility index (Phi) is 3.61. The molecule has 20 heavy (non-hydrogen) atoms. The first-order valence-corrected chi connectivity index (χ1v) is 6.31. The largest absolute Gasteiger partial charge is 0.441 e. The second-order valence-electron chi connectivity index (χ2n) is 5.84. The number of benzene rings is 1. The lowest BCUT2D eigenvalue weighted by molar-refractivity contribution is -0.111. The van der Waals surface area contributed by atoms with Crippen molar-refractivity contribution in [2.45, 2.75) is 27.2 Å². The van der Waals surface area contributed by atoms with Gasteiger partial charge in [0.05, 0.1) is 5.69 Å². The third kappa shape index (κ3) is 3.23. The third-order valence-corrected chi connectivity index (χ3v) is 2.65. The van der Waals surface area contributed by atoms with Gasteiger partial charge in [0.15, 0.2) is 17.3 Å². The highest BCUT2D eigenvalue weighted by atomic mass is 19.1. The summed E-state index contributed by atoms with van der Waals surface area (Å²) in [6.45, 7) is 9.53. The quantitative estimate of drug-likeness (QED) is 0.870. The number of nitrogens with one attached hydrogen (secondary N) is 1. The van der Waals surface area contributed by atoms with E-state index in [0.29, 0.717) is 23.4 Å². The fraction of sp³-hybridized carbons (Fsp3) is 0.333. The number of nitrogens with zero attached hydrogens (tertiary/aromatic N) is 1. The van der Waals surface area contributed by atoms with Crippen LogP contribution in [0.2, 0.25) is 0 Å². The van der Waals surface area contributed by atoms with E-state index in [4.69, 9.17) is 4.42 Å². The average Bonchev–Trinajstić information content (AvgIpc) is 2.67. The lowest BCUT2D eigenvalue weighted by Crippen LogP contribution is -2.09. The Bertz CT molecular complexity index is 668. The normalized spacial score (nSPS) is 11.6. The number of hydrogen-bond donors (Lipinski definition) is 1. The van der Waals surface area contributed by atoms with Gasteiger partial charge >= 0.3 is 0 Å². The van der Waals surface area contributed by atoms with Crippen LogP contribution >= 0.6 is 0 Å². The molecular weight excluding hydrogens is 259 g/mol. The standard InChI is InChI=1S/C15H17FN2O2/c1-5-13(19)17-10-7-11-12(6-9(10)16)20-14(18-11)8-15(2,3)4/h5-7H,1,8H2,2-4H3,(H,17,19). The number of oxazole rings is 1. The zero-order valence-electron chi connectivity index (χ0n) is 11.8. The Morgan fingerprint density at radius 1 is 1.50 bits per heavy atom. The summed E-state index contributed by atoms with van der Waals surface area (Å²) in [5.74, 6) is -0.480. The second kappa shape index (κ2) is 5.07. The van der Waals surface area contributed by atoms with Gasteiger partial charge in [0.1, 0.15) is 5.52 Å². The van der Waals surface area contributed by atoms with E-state index in [1.54, 1.807) is 0 Å². The van der Waals surface area contributed by atoms with Gasteiger partial charge in [0.25, 0.3) is 0 Å². The summed E-state index contributed by atoms with van der Waals surface area (Å²) in [6.07, 6.45) is 1.73. The fourth-order valence-electron chi connectivity index (χ4n) is 1.81. The lowest BCUT2D eigenvalue weighted by Gasteiger charge is -2.14. The van der Waals surface area contributed by atoms with Crippen LogP contribution in [0.25, 0.3) is 11.1 Å². The Labute approximate surface area is 116 Å². The van der Waals surface area contributed by atoms with Crippen LogP contribution in [0.5, 0.6) is 0 Å². The minimum Gasteiger partial charge on any atom is -0.441 e. The third-order valence-electron chi connectivity index (χ3n) is 2.65. The molecular formula is C15H17FN2O2. The van der Waals surface area contributed by atoms with Crippen molar-refractivity contribution >= 4 is 22.7 Å². The molecule has 1 heterocycles. The highest BCUT2D eigenvalue weighted by Gasteiger charge is 2.17. The van der Waals surface area contributed by atoms with E-state index >= 15 is 0 Å². The molecule has 0 atom stereocenters. The Hall–Kier alpha value is -2.17. The molecule has 1 amide bonds. The molecule has 1 N–H and O–H groups in total. The summed E-state index contributed by atoms with van der Waals surface area (Å²) in [5, 5.41) is 2.40. The van der Waals surface area contributed by atoms with Gasteiger partial charge in [0.2, 0.25) is 5.91 Å². The number of amides is 1. The Morgan fingerprint density at radius 2 is 2.20 bits per heavy atom. The number of carbonyl (C=O) groups is 1. The summed E-state index contributed by atoms with van der Waals surface area (Å²) < 4.78 is 19.4. The topological polar surface area (TPSA) is 55.1 Å². The first kappa shape index (κ1) is 14.2. The predicted molar refractivity (Wildman–Crippen MR) is 76.0 cm³/mol. The first-order chi connectivity index (χ1) is 9.28. The van der Waals surface area contributed by atoms with E-state index < -0.39 is 11.7 Å². The predicted octanol–water partition coefficient (Wildman–Crippen LogP) is 3.68. The smallest absolute Gasteiger partial charge is 0.247 e. The molecule has 0 saturated carbocycles. The van der Waals surface area contributed by atoms with Gasteiger partial charge in [-0.15, -0.1) is 0 Å². The summed E-state index contributed by atoms with van der Waals surface area (Å²) in [7, 11) is 0. The molecule has 5 heteroatoms. The maximum atomic E-state index is 13.8. The molecule has 0 fully saturated rings. The molecule has 0 aliphatic rings. The molecule has 2 rings (SSSR count). The van der Waals surface area contributed by atoms with Crippen molar-refractivity contribution in [3.63, 3.8) is 0 Å². The average molecular weight is 276 g/mol. The minimum atomic E-state index is -0.564. The van der Waals surface area contributed by atoms with Crippen molar-refractivity contribution in [1.82, 2.24) is 4.98 Å². The number of fused-ring (bicyclic) bond motifs is 1. The van der Waals surface area contributed by atoms with Gasteiger partial charge in [0, 0.05) is 12.5 Å². The van der Waals surface area contributed by atoms with Gasteiger partial charge in [-0.25, -0.2) is 9.37 Å². The van der Waals surface area contributed by atoms with E-state index in [-0.39, 0.29) is 11.1 Å². The van der Waals surface area contributed by atoms with Crippen LogP contribution < -0.4 is 5.32 Å². The molecule has 0 spiro atoms. The van der Waals surface area contributed by atoms with Crippen molar-refractivity contribution < 1.29 is 13.6 Å². The second-order valence-corrected chi connectivity index (χ2v) is 5.84. The molecule has 2 aromatic rings. The highest BCUT2D eigenvalue weighted by Crippen LogP contribution is 2.27. The summed E-state index contributed by atoms with van der Waals surface area (Å²) in [5.41, 5.74) is 0.987. The van der Waals surface area contributed by atoms with Crippen molar-refractivity contribution in [3.8, 4) is 0 Å². The van der Waals surface area contributed by atoms with Crippen LogP contribution in [0.15, 0.2) is 29.2 Å². The molecule has 0 saturated heterocycles. The number of rotatable bonds is 3. The van der Waals surface area contributed by atoms with E-state index in [0.717, 1.165) is 6.08 Å². The van der Waals surface area contributed by atoms with E-state index in [1.807, 2.05) is 0 Å². The number of hydrogen-bond acceptors (Lipinski definition) is 3. The van der Waals surface area contributed by atoms with Crippen LogP contribution in [-0.2, 0) is 11.2 Å². The number of halogens is 1. The van der Waals surface area contributed by atoms with Crippen LogP contribution in [0.3, 0.4) is 0 Å². The molecule has 4 nitrogen and oxygen atoms in total. The van der Waals surface area contributed by atoms with Gasteiger partial charge in [-0.3, -0.25) is 4.79 Å². The first-order valence-electron chi connectivity index (χ1n) is 6.31. The van der Waals surface area contributed by atoms with Gasteiger partial charge < -0.3 is 9.73 Å². The fourth-order valence-corrected chi connectivity index (χ4v) is 1.81. The van der Waals surface area contributed by atoms with Gasteiger partial charge in [-0.1, -0.05) is 27.4 Å². The zero-order chi connectivity index (χ0) is 14.9. The Morgan fingerprint density at radius 3 is 2.80 bits per heavy atom. The summed E-state index contributed by atoms with van der Waals surface area (Å²) >= 11 is 0. The molecule has 106 valence electrons. The molecule has 0 aliphatic heterocycles. The maximum Gasteiger partial charge on any atom is 0.247 e. The van der Waals surface area contributed by atoms with E-state index in [1.165, 1.54) is 12.1 Å². The van der Waals surface area contributed by atoms with Gasteiger partial charge in [-0.2, -0.15) is 0 Å². The van der Waals surface area contributed by atoms with Crippen LogP contribution in [0.4, 0.5) is 10.1 Å². The molecule has 0 radical (unpaired) electrons. The maximum absolute atomic E-state index is 13.8. The Balaban J connectivity index is 2.38. The number of anilines is 1. The van der Waals surface area contributed by atoms with Crippen LogP contribution in [0, 0.1) is 11.2 Å². The molecule has 0 unspecified atom stereocenters. The minimum absolute atomic E-state index is 0.0271. The molecule has 1 aromatic carbocycles. The monoisotopic (exact) mass is 276 g/mol. The van der Waals surface area contributed by atoms with E-state index in [2.05, 4.69) is 37.7 Å². The SMILES string of the molecule is C=CC(=O)Nc1cc2nc(CC(C)(C)C)oc2cc1F. The van der Waals surface area contributed by atoms with Crippen molar-refractivity contribution in [1.29, 1.82) is 0 Å². The summed E-state index contributed by atoms with van der Waals surface area (Å²) in [4.78, 5) is 15.5. The molecule has 0 aliphatic carbocycles. The van der Waals surface area contributed by atoms with Crippen molar-refractivity contribution in [2.75, 3.05) is 5.32 Å². The number of carbonyl (C=O) groups excluding carboxylic acids is 1. The summed E-state index contributed by atoms with van der Waals surface area (Å²) in [6, 6.07) is 2.69. The molecule has 0 bridgehead atoms. The van der Waals surface area contributed by atoms with E-state index in [9.17, 15) is 9.18 Å². The van der Waals surface area contributed by atoms with Crippen molar-refractivity contribution in [3.05, 3.63) is 36.5 Å². The van der Waals surface area contributed by atoms with Gasteiger partial charge in [-0.05, 0) is 17.6 Å². The van der Waals surface area contributed by atoms with Crippen LogP contribution in [0.1, 0.15) is 26.7 Å².